The number of aromatic amines is 1. The molecule has 3 aliphatic rings. The van der Waals surface area contributed by atoms with Crippen molar-refractivity contribution in [3.63, 3.8) is 0 Å². The van der Waals surface area contributed by atoms with Gasteiger partial charge in [-0.3, -0.25) is 4.90 Å². The predicted octanol–water partition coefficient (Wildman–Crippen LogP) is 5.22. The van der Waals surface area contributed by atoms with Crippen LogP contribution in [0, 0.1) is 0 Å². The standard InChI is InChI=1S/C25H24ClN3O4/c1-2-32-16-9-21(29(11-16)25(30)31)24-27-20-6-3-13-8-19-17-5-4-15(26)7-14(17)12-33-22(19)10-18(13)23(20)28-24/h4-5,7-8,10,16,21H,2-3,6,9,11-12H2,1H3,(H,27,28)(H,30,31)/t16-,21-/m0/s1. The summed E-state index contributed by atoms with van der Waals surface area (Å²) in [6, 6.07) is 9.91. The first-order valence-electron chi connectivity index (χ1n) is 11.3. The highest BCUT2D eigenvalue weighted by molar-refractivity contribution is 6.30. The molecular weight excluding hydrogens is 442 g/mol. The van der Waals surface area contributed by atoms with E-state index in [0.29, 0.717) is 37.0 Å². The van der Waals surface area contributed by atoms with Gasteiger partial charge in [0.05, 0.1) is 30.1 Å². The van der Waals surface area contributed by atoms with E-state index in [4.69, 9.17) is 26.1 Å². The van der Waals surface area contributed by atoms with Gasteiger partial charge in [-0.05, 0) is 60.7 Å². The van der Waals surface area contributed by atoms with Crippen LogP contribution in [0.5, 0.6) is 5.75 Å². The van der Waals surface area contributed by atoms with Crippen molar-refractivity contribution >= 4 is 17.7 Å². The maximum Gasteiger partial charge on any atom is 0.408 e. The third-order valence-electron chi connectivity index (χ3n) is 6.87. The Bertz CT molecular complexity index is 1270. The van der Waals surface area contributed by atoms with Crippen LogP contribution in [0.4, 0.5) is 4.79 Å². The van der Waals surface area contributed by atoms with Crippen molar-refractivity contribution in [2.24, 2.45) is 0 Å². The Labute approximate surface area is 196 Å². The molecular formula is C25H24ClN3O4. The monoisotopic (exact) mass is 465 g/mol. The molecule has 2 N–H and O–H groups in total. The Morgan fingerprint density at radius 3 is 2.94 bits per heavy atom. The largest absolute Gasteiger partial charge is 0.488 e. The topological polar surface area (TPSA) is 87.7 Å². The summed E-state index contributed by atoms with van der Waals surface area (Å²) in [6.45, 7) is 3.34. The van der Waals surface area contributed by atoms with Crippen molar-refractivity contribution < 1.29 is 19.4 Å². The minimum Gasteiger partial charge on any atom is -0.488 e. The molecule has 8 heteroatoms. The van der Waals surface area contributed by atoms with E-state index in [2.05, 4.69) is 23.2 Å². The van der Waals surface area contributed by atoms with Crippen LogP contribution in [0.15, 0.2) is 30.3 Å². The van der Waals surface area contributed by atoms with E-state index in [1.807, 2.05) is 19.1 Å². The number of hydrogen-bond acceptors (Lipinski definition) is 4. The van der Waals surface area contributed by atoms with Crippen LogP contribution in [0.25, 0.3) is 22.4 Å². The second-order valence-electron chi connectivity index (χ2n) is 8.80. The van der Waals surface area contributed by atoms with Crippen molar-refractivity contribution in [3.05, 3.63) is 58.0 Å². The number of fused-ring (bicyclic) bond motifs is 6. The van der Waals surface area contributed by atoms with Gasteiger partial charge in [-0.2, -0.15) is 0 Å². The number of halogens is 1. The normalized spacial score (nSPS) is 20.5. The quantitative estimate of drug-likeness (QED) is 0.553. The molecule has 1 amide bonds. The number of aromatic nitrogens is 2. The summed E-state index contributed by atoms with van der Waals surface area (Å²) in [5, 5.41) is 10.4. The molecule has 33 heavy (non-hydrogen) atoms. The molecule has 3 heterocycles. The molecule has 1 saturated heterocycles. The molecule has 0 radical (unpaired) electrons. The van der Waals surface area contributed by atoms with Gasteiger partial charge in [0.1, 0.15) is 18.2 Å². The number of H-pyrrole nitrogens is 1. The minimum atomic E-state index is -0.946. The Morgan fingerprint density at radius 1 is 1.24 bits per heavy atom. The molecule has 2 aliphatic heterocycles. The van der Waals surface area contributed by atoms with Gasteiger partial charge < -0.3 is 19.6 Å². The van der Waals surface area contributed by atoms with Gasteiger partial charge in [0.25, 0.3) is 0 Å². The highest BCUT2D eigenvalue weighted by atomic mass is 35.5. The summed E-state index contributed by atoms with van der Waals surface area (Å²) in [4.78, 5) is 21.6. The SMILES string of the molecule is CCO[C@H]1C[C@@H](c2nc3c([nH]2)-c2cc4c(cc2CC3)-c2ccc(Cl)cc2CO4)N(C(=O)O)C1. The first kappa shape index (κ1) is 20.6. The highest BCUT2D eigenvalue weighted by Gasteiger charge is 2.39. The average Bonchev–Trinajstić information content (AvgIpc) is 3.42. The average molecular weight is 466 g/mol. The summed E-state index contributed by atoms with van der Waals surface area (Å²) < 4.78 is 11.8. The number of amides is 1. The van der Waals surface area contributed by atoms with Crippen LogP contribution in [-0.4, -0.2) is 45.3 Å². The number of nitrogens with one attached hydrogen (secondary N) is 1. The fourth-order valence-electron chi connectivity index (χ4n) is 5.36. The van der Waals surface area contributed by atoms with Gasteiger partial charge in [0.2, 0.25) is 0 Å². The number of nitrogens with zero attached hydrogens (tertiary/aromatic N) is 2. The number of likely N-dealkylation sites (tertiary alicyclic amines) is 1. The van der Waals surface area contributed by atoms with Gasteiger partial charge in [-0.15, -0.1) is 0 Å². The molecule has 170 valence electrons. The summed E-state index contributed by atoms with van der Waals surface area (Å²) in [7, 11) is 0. The van der Waals surface area contributed by atoms with Gasteiger partial charge in [0, 0.05) is 29.2 Å². The van der Waals surface area contributed by atoms with Crippen molar-refractivity contribution in [1.82, 2.24) is 14.9 Å². The maximum atomic E-state index is 11.9. The van der Waals surface area contributed by atoms with E-state index in [9.17, 15) is 9.90 Å². The van der Waals surface area contributed by atoms with Gasteiger partial charge >= 0.3 is 6.09 Å². The van der Waals surface area contributed by atoms with E-state index in [1.165, 1.54) is 10.5 Å². The molecule has 1 aromatic heterocycles. The van der Waals surface area contributed by atoms with E-state index in [0.717, 1.165) is 52.2 Å². The van der Waals surface area contributed by atoms with Crippen LogP contribution >= 0.6 is 11.6 Å². The van der Waals surface area contributed by atoms with Crippen molar-refractivity contribution in [2.75, 3.05) is 13.2 Å². The molecule has 2 aromatic carbocycles. The molecule has 7 nitrogen and oxygen atoms in total. The zero-order chi connectivity index (χ0) is 22.7. The summed E-state index contributed by atoms with van der Waals surface area (Å²) >= 11 is 6.17. The third-order valence-corrected chi connectivity index (χ3v) is 7.11. The fraction of sp³-hybridized carbons (Fsp3) is 0.360. The molecule has 3 aromatic rings. The predicted molar refractivity (Wildman–Crippen MR) is 124 cm³/mol. The molecule has 6 rings (SSSR count). The smallest absolute Gasteiger partial charge is 0.408 e. The maximum absolute atomic E-state index is 11.9. The van der Waals surface area contributed by atoms with Gasteiger partial charge in [-0.1, -0.05) is 17.7 Å². The molecule has 2 atom stereocenters. The number of ether oxygens (including phenoxy) is 2. The minimum absolute atomic E-state index is 0.112. The lowest BCUT2D eigenvalue weighted by Crippen LogP contribution is -2.31. The van der Waals surface area contributed by atoms with Gasteiger partial charge in [-0.25, -0.2) is 9.78 Å². The number of benzene rings is 2. The first-order valence-corrected chi connectivity index (χ1v) is 11.7. The Morgan fingerprint density at radius 2 is 2.12 bits per heavy atom. The second-order valence-corrected chi connectivity index (χ2v) is 9.24. The molecule has 1 fully saturated rings. The number of rotatable bonds is 3. The van der Waals surface area contributed by atoms with E-state index in [1.54, 1.807) is 0 Å². The lowest BCUT2D eigenvalue weighted by Gasteiger charge is -2.25. The van der Waals surface area contributed by atoms with Crippen molar-refractivity contribution in [2.45, 2.75) is 44.9 Å². The van der Waals surface area contributed by atoms with Crippen LogP contribution in [-0.2, 0) is 24.2 Å². The summed E-state index contributed by atoms with van der Waals surface area (Å²) in [5.74, 6) is 1.54. The first-order chi connectivity index (χ1) is 16.0. The molecule has 0 saturated carbocycles. The lowest BCUT2D eigenvalue weighted by molar-refractivity contribution is 0.0679. The van der Waals surface area contributed by atoms with Crippen LogP contribution in [0.1, 0.15) is 42.0 Å². The summed E-state index contributed by atoms with van der Waals surface area (Å²) in [6.07, 6.45) is 1.22. The van der Waals surface area contributed by atoms with Crippen LogP contribution in [0.3, 0.4) is 0 Å². The van der Waals surface area contributed by atoms with Gasteiger partial charge in [0.15, 0.2) is 0 Å². The number of carboxylic acid groups (broad SMARTS) is 1. The Kier molecular flexibility index (Phi) is 4.85. The van der Waals surface area contributed by atoms with E-state index >= 15 is 0 Å². The van der Waals surface area contributed by atoms with Crippen LogP contribution in [0.2, 0.25) is 5.02 Å². The number of imidazole rings is 1. The lowest BCUT2D eigenvalue weighted by atomic mass is 9.87. The number of hydrogen-bond donors (Lipinski definition) is 2. The molecule has 1 aliphatic carbocycles. The molecule has 0 spiro atoms. The zero-order valence-electron chi connectivity index (χ0n) is 18.2. The van der Waals surface area contributed by atoms with E-state index < -0.39 is 6.09 Å². The second kappa shape index (κ2) is 7.78. The molecule has 0 unspecified atom stereocenters. The van der Waals surface area contributed by atoms with E-state index in [-0.39, 0.29) is 12.1 Å². The fourth-order valence-corrected chi connectivity index (χ4v) is 5.56. The summed E-state index contributed by atoms with van der Waals surface area (Å²) in [5.41, 5.74) is 7.58. The van der Waals surface area contributed by atoms with Crippen molar-refractivity contribution in [3.8, 4) is 28.1 Å². The number of carbonyl (C=O) groups is 1. The van der Waals surface area contributed by atoms with Crippen LogP contribution < -0.4 is 4.74 Å². The Balaban J connectivity index is 1.38. The molecule has 0 bridgehead atoms. The highest BCUT2D eigenvalue weighted by Crippen LogP contribution is 2.45. The third kappa shape index (κ3) is 3.38. The Hall–Kier alpha value is -3.03. The van der Waals surface area contributed by atoms with Crippen molar-refractivity contribution in [1.29, 1.82) is 0 Å². The number of aryl methyl sites for hydroxylation is 2. The zero-order valence-corrected chi connectivity index (χ0v) is 19.0.